The van der Waals surface area contributed by atoms with Crippen molar-refractivity contribution >= 4 is 74.7 Å². The molecule has 1 fully saturated rings. The number of amidine groups is 1. The van der Waals surface area contributed by atoms with Crippen LogP contribution in [0.25, 0.3) is 6.08 Å². The van der Waals surface area contributed by atoms with E-state index in [4.69, 9.17) is 23.8 Å². The lowest BCUT2D eigenvalue weighted by molar-refractivity contribution is -0.122. The Labute approximate surface area is 183 Å². The van der Waals surface area contributed by atoms with Crippen LogP contribution in [-0.4, -0.2) is 45.0 Å². The summed E-state index contributed by atoms with van der Waals surface area (Å²) < 4.78 is 0.583. The molecule has 0 atom stereocenters. The number of hydrogen-bond donors (Lipinski definition) is 1. The number of thioether (sulfide) groups is 2. The highest BCUT2D eigenvalue weighted by molar-refractivity contribution is 8.26. The van der Waals surface area contributed by atoms with Crippen molar-refractivity contribution in [2.45, 2.75) is 25.7 Å². The predicted molar refractivity (Wildman–Crippen MR) is 123 cm³/mol. The summed E-state index contributed by atoms with van der Waals surface area (Å²) >= 11 is 14.2. The Balaban J connectivity index is 1.40. The Morgan fingerprint density at radius 1 is 1.29 bits per heavy atom. The van der Waals surface area contributed by atoms with Gasteiger partial charge in [0, 0.05) is 23.7 Å². The molecular formula is C19H20ClN3O2S3. The maximum Gasteiger partial charge on any atom is 0.266 e. The van der Waals surface area contributed by atoms with Gasteiger partial charge in [0.05, 0.1) is 11.4 Å². The number of hydrogen-bond acceptors (Lipinski definition) is 6. The van der Waals surface area contributed by atoms with Gasteiger partial charge in [0.1, 0.15) is 4.32 Å². The Morgan fingerprint density at radius 2 is 2.07 bits per heavy atom. The highest BCUT2D eigenvalue weighted by atomic mass is 35.5. The second kappa shape index (κ2) is 10.4. The maximum atomic E-state index is 12.6. The number of rotatable bonds is 7. The Bertz CT molecular complexity index is 824. The molecule has 2 aliphatic rings. The van der Waals surface area contributed by atoms with Crippen molar-refractivity contribution < 1.29 is 9.59 Å². The van der Waals surface area contributed by atoms with Gasteiger partial charge < -0.3 is 5.32 Å². The normalized spacial score (nSPS) is 18.1. The first kappa shape index (κ1) is 21.4. The van der Waals surface area contributed by atoms with Crippen LogP contribution in [0.2, 0.25) is 5.02 Å². The number of nitrogens with zero attached hydrogens (tertiary/aromatic N) is 2. The van der Waals surface area contributed by atoms with E-state index in [9.17, 15) is 9.59 Å². The molecule has 0 saturated carbocycles. The molecular weight excluding hydrogens is 434 g/mol. The molecule has 0 spiro atoms. The highest BCUT2D eigenvalue weighted by Gasteiger charge is 2.31. The summed E-state index contributed by atoms with van der Waals surface area (Å²) in [5.41, 5.74) is 0.918. The van der Waals surface area contributed by atoms with Gasteiger partial charge in [-0.1, -0.05) is 65.9 Å². The zero-order valence-corrected chi connectivity index (χ0v) is 18.4. The summed E-state index contributed by atoms with van der Waals surface area (Å²) in [4.78, 5) is 30.9. The predicted octanol–water partition coefficient (Wildman–Crippen LogP) is 4.32. The van der Waals surface area contributed by atoms with Gasteiger partial charge in [-0.15, -0.1) is 0 Å². The molecule has 1 N–H and O–H groups in total. The molecule has 1 aromatic rings. The summed E-state index contributed by atoms with van der Waals surface area (Å²) in [7, 11) is 0. The first-order valence-corrected chi connectivity index (χ1v) is 11.6. The SMILES string of the molecule is O=C(CCCCCN1C(=O)C(=Cc2ccc(Cl)cc2)SC1=S)NC1=NCCS1. The number of unbranched alkanes of at least 4 members (excludes halogenated alkanes) is 2. The molecule has 0 aliphatic carbocycles. The molecule has 1 saturated heterocycles. The van der Waals surface area contributed by atoms with Crippen LogP contribution in [0, 0.1) is 0 Å². The van der Waals surface area contributed by atoms with Crippen LogP contribution >= 0.6 is 47.3 Å². The summed E-state index contributed by atoms with van der Waals surface area (Å²) in [6, 6.07) is 7.33. The highest BCUT2D eigenvalue weighted by Crippen LogP contribution is 2.32. The minimum atomic E-state index is -0.0565. The Kier molecular flexibility index (Phi) is 7.96. The Morgan fingerprint density at radius 3 is 2.79 bits per heavy atom. The van der Waals surface area contributed by atoms with E-state index in [1.165, 1.54) is 11.8 Å². The average molecular weight is 454 g/mol. The smallest absolute Gasteiger partial charge is 0.266 e. The van der Waals surface area contributed by atoms with Crippen molar-refractivity contribution in [2.24, 2.45) is 4.99 Å². The maximum absolute atomic E-state index is 12.6. The fraction of sp³-hybridized carbons (Fsp3) is 0.368. The van der Waals surface area contributed by atoms with Crippen LogP contribution in [0.5, 0.6) is 0 Å². The fourth-order valence-electron chi connectivity index (χ4n) is 2.73. The minimum Gasteiger partial charge on any atom is -0.305 e. The number of nitrogens with one attached hydrogen (secondary N) is 1. The van der Waals surface area contributed by atoms with Gasteiger partial charge in [-0.3, -0.25) is 19.5 Å². The first-order chi connectivity index (χ1) is 13.5. The number of carbonyl (C=O) groups is 2. The van der Waals surface area contributed by atoms with Crippen molar-refractivity contribution in [3.05, 3.63) is 39.8 Å². The van der Waals surface area contributed by atoms with E-state index >= 15 is 0 Å². The van der Waals surface area contributed by atoms with Crippen molar-refractivity contribution in [1.82, 2.24) is 10.2 Å². The van der Waals surface area contributed by atoms with E-state index in [0.717, 1.165) is 42.3 Å². The third-order valence-corrected chi connectivity index (χ3v) is 6.68. The molecule has 0 radical (unpaired) electrons. The van der Waals surface area contributed by atoms with E-state index in [0.29, 0.717) is 27.2 Å². The minimum absolute atomic E-state index is 0.00431. The molecule has 9 heteroatoms. The van der Waals surface area contributed by atoms with Gasteiger partial charge in [-0.05, 0) is 36.6 Å². The summed E-state index contributed by atoms with van der Waals surface area (Å²) in [5.74, 6) is 0.884. The van der Waals surface area contributed by atoms with E-state index in [2.05, 4.69) is 10.3 Å². The largest absolute Gasteiger partial charge is 0.305 e. The van der Waals surface area contributed by atoms with Crippen LogP contribution in [0.4, 0.5) is 0 Å². The van der Waals surface area contributed by atoms with Gasteiger partial charge in [-0.25, -0.2) is 0 Å². The summed E-state index contributed by atoms with van der Waals surface area (Å²) in [6.07, 6.45) is 4.75. The standard InChI is InChI=1S/C19H20ClN3O2S3/c20-14-7-5-13(6-8-14)12-15-17(25)23(19(26)28-15)10-3-1-2-4-16(24)22-18-21-9-11-27-18/h5-8,12H,1-4,9-11H2,(H,21,22,24). The van der Waals surface area contributed by atoms with E-state index < -0.39 is 0 Å². The number of aliphatic imine (C=N–C) groups is 1. The second-order valence-electron chi connectivity index (χ2n) is 6.28. The van der Waals surface area contributed by atoms with Crippen molar-refractivity contribution in [3.63, 3.8) is 0 Å². The zero-order chi connectivity index (χ0) is 19.9. The number of carbonyl (C=O) groups excluding carboxylic acids is 2. The molecule has 3 rings (SSSR count). The van der Waals surface area contributed by atoms with Crippen LogP contribution < -0.4 is 5.32 Å². The molecule has 5 nitrogen and oxygen atoms in total. The van der Waals surface area contributed by atoms with E-state index in [1.54, 1.807) is 28.8 Å². The molecule has 0 aromatic heterocycles. The Hall–Kier alpha value is -1.35. The van der Waals surface area contributed by atoms with Crippen molar-refractivity contribution in [1.29, 1.82) is 0 Å². The van der Waals surface area contributed by atoms with Gasteiger partial charge in [-0.2, -0.15) is 0 Å². The third kappa shape index (κ3) is 6.07. The molecule has 28 heavy (non-hydrogen) atoms. The number of amides is 2. The van der Waals surface area contributed by atoms with Gasteiger partial charge >= 0.3 is 0 Å². The van der Waals surface area contributed by atoms with Gasteiger partial charge in [0.2, 0.25) is 5.91 Å². The second-order valence-corrected chi connectivity index (χ2v) is 9.47. The van der Waals surface area contributed by atoms with Crippen LogP contribution in [0.3, 0.4) is 0 Å². The fourth-order valence-corrected chi connectivity index (χ4v) is 4.91. The molecule has 2 aliphatic heterocycles. The van der Waals surface area contributed by atoms with Crippen LogP contribution in [0.1, 0.15) is 31.2 Å². The van der Waals surface area contributed by atoms with Crippen LogP contribution in [-0.2, 0) is 9.59 Å². The van der Waals surface area contributed by atoms with E-state index in [-0.39, 0.29) is 11.8 Å². The average Bonchev–Trinajstić information content (AvgIpc) is 3.26. The molecule has 2 amide bonds. The molecule has 0 unspecified atom stereocenters. The lowest BCUT2D eigenvalue weighted by atomic mass is 10.2. The first-order valence-electron chi connectivity index (χ1n) is 9.01. The van der Waals surface area contributed by atoms with E-state index in [1.807, 2.05) is 18.2 Å². The number of benzene rings is 1. The molecule has 0 bridgehead atoms. The van der Waals surface area contributed by atoms with Crippen molar-refractivity contribution in [2.75, 3.05) is 18.8 Å². The lowest BCUT2D eigenvalue weighted by Crippen LogP contribution is -2.29. The summed E-state index contributed by atoms with van der Waals surface area (Å²) in [6.45, 7) is 1.35. The third-order valence-electron chi connectivity index (χ3n) is 4.16. The molecule has 2 heterocycles. The van der Waals surface area contributed by atoms with Crippen LogP contribution in [0.15, 0.2) is 34.2 Å². The molecule has 148 valence electrons. The topological polar surface area (TPSA) is 61.8 Å². The van der Waals surface area contributed by atoms with Crippen molar-refractivity contribution in [3.8, 4) is 0 Å². The lowest BCUT2D eigenvalue weighted by Gasteiger charge is -2.14. The number of thiocarbonyl (C=S) groups is 1. The number of halogens is 1. The zero-order valence-electron chi connectivity index (χ0n) is 15.2. The quantitative estimate of drug-likeness (QED) is 0.378. The monoisotopic (exact) mass is 453 g/mol. The summed E-state index contributed by atoms with van der Waals surface area (Å²) in [5, 5.41) is 4.22. The van der Waals surface area contributed by atoms with Gasteiger partial charge in [0.15, 0.2) is 5.17 Å². The van der Waals surface area contributed by atoms with Gasteiger partial charge in [0.25, 0.3) is 5.91 Å². The molecule has 1 aromatic carbocycles.